The van der Waals surface area contributed by atoms with Crippen LogP contribution >= 0.6 is 0 Å². The Morgan fingerprint density at radius 2 is 2.06 bits per heavy atom. The highest BCUT2D eigenvalue weighted by molar-refractivity contribution is 5.02. The number of ether oxygens (including phenoxy) is 1. The molecule has 4 heteroatoms. The zero-order valence-electron chi connectivity index (χ0n) is 10.9. The highest BCUT2D eigenvalue weighted by Crippen LogP contribution is 2.60. The lowest BCUT2D eigenvalue weighted by atomic mass is 9.84. The van der Waals surface area contributed by atoms with Gasteiger partial charge in [-0.15, -0.1) is 0 Å². The molecule has 0 amide bonds. The van der Waals surface area contributed by atoms with Crippen molar-refractivity contribution in [1.29, 1.82) is 0 Å². The van der Waals surface area contributed by atoms with Crippen LogP contribution in [0.2, 0.25) is 0 Å². The fourth-order valence-electron chi connectivity index (χ4n) is 4.76. The van der Waals surface area contributed by atoms with Gasteiger partial charge < -0.3 is 9.84 Å². The summed E-state index contributed by atoms with van der Waals surface area (Å²) in [7, 11) is 0. The maximum absolute atomic E-state index is 9.83. The Morgan fingerprint density at radius 3 is 2.78 bits per heavy atom. The number of aliphatic hydroxyl groups is 1. The first-order valence-electron chi connectivity index (χ1n) is 7.36. The second-order valence-electron chi connectivity index (χ2n) is 6.87. The molecule has 1 aliphatic heterocycles. The molecule has 0 radical (unpaired) electrons. The molecule has 0 aromatic rings. The molecule has 1 N–H and O–H groups in total. The van der Waals surface area contributed by atoms with E-state index in [1.54, 1.807) is 0 Å². The number of hydrogen-bond donors (Lipinski definition) is 1. The van der Waals surface area contributed by atoms with Crippen LogP contribution in [-0.4, -0.2) is 22.8 Å². The third-order valence-corrected chi connectivity index (χ3v) is 5.45. The first kappa shape index (κ1) is 11.6. The Bertz CT molecular complexity index is 360. The van der Waals surface area contributed by atoms with Gasteiger partial charge in [0.2, 0.25) is 11.6 Å². The van der Waals surface area contributed by atoms with Crippen LogP contribution in [0, 0.1) is 17.8 Å². The minimum atomic E-state index is -0.665. The van der Waals surface area contributed by atoms with Gasteiger partial charge in [0, 0.05) is 25.2 Å². The highest BCUT2D eigenvalue weighted by atomic mass is 17.3. The lowest BCUT2D eigenvalue weighted by Gasteiger charge is -2.37. The van der Waals surface area contributed by atoms with E-state index in [4.69, 9.17) is 14.5 Å². The topological polar surface area (TPSA) is 47.9 Å². The fourth-order valence-corrected chi connectivity index (χ4v) is 4.76. The van der Waals surface area contributed by atoms with Crippen molar-refractivity contribution in [3.63, 3.8) is 0 Å². The second kappa shape index (κ2) is 3.69. The summed E-state index contributed by atoms with van der Waals surface area (Å²) in [4.78, 5) is 11.3. The van der Waals surface area contributed by atoms with Crippen molar-refractivity contribution in [2.75, 3.05) is 0 Å². The molecule has 1 heterocycles. The molecule has 4 nitrogen and oxygen atoms in total. The van der Waals surface area contributed by atoms with Crippen molar-refractivity contribution in [3.8, 4) is 0 Å². The smallest absolute Gasteiger partial charge is 0.208 e. The van der Waals surface area contributed by atoms with Crippen LogP contribution in [0.5, 0.6) is 0 Å². The molecule has 18 heavy (non-hydrogen) atoms. The predicted octanol–water partition coefficient (Wildman–Crippen LogP) is 2.36. The van der Waals surface area contributed by atoms with E-state index in [2.05, 4.69) is 6.92 Å². The summed E-state index contributed by atoms with van der Waals surface area (Å²) >= 11 is 0. The average molecular weight is 254 g/mol. The molecule has 4 rings (SSSR count). The summed E-state index contributed by atoms with van der Waals surface area (Å²) in [6.07, 6.45) is 6.37. The number of hydrogen-bond acceptors (Lipinski definition) is 4. The Hall–Kier alpha value is -0.160. The Morgan fingerprint density at radius 1 is 1.17 bits per heavy atom. The Kier molecular flexibility index (Phi) is 2.39. The van der Waals surface area contributed by atoms with E-state index in [0.717, 1.165) is 31.6 Å². The molecule has 0 aromatic heterocycles. The normalized spacial score (nSPS) is 59.0. The molecular weight excluding hydrogens is 232 g/mol. The lowest BCUT2D eigenvalue weighted by molar-refractivity contribution is -0.365. The monoisotopic (exact) mass is 254 g/mol. The van der Waals surface area contributed by atoms with Gasteiger partial charge in [0.15, 0.2) is 0 Å². The zero-order chi connectivity index (χ0) is 12.4. The highest BCUT2D eigenvalue weighted by Gasteiger charge is 2.65. The van der Waals surface area contributed by atoms with Crippen LogP contribution in [-0.2, 0) is 14.5 Å². The summed E-state index contributed by atoms with van der Waals surface area (Å²) in [5.41, 5.74) is 0. The summed E-state index contributed by atoms with van der Waals surface area (Å²) < 4.78 is 6.31. The molecule has 4 aliphatic rings. The van der Waals surface area contributed by atoms with Crippen molar-refractivity contribution >= 4 is 0 Å². The molecular formula is C14H22O4. The molecule has 2 bridgehead atoms. The summed E-state index contributed by atoms with van der Waals surface area (Å²) in [6, 6.07) is 0. The first-order chi connectivity index (χ1) is 8.61. The Balaban J connectivity index is 1.56. The average Bonchev–Trinajstić information content (AvgIpc) is 2.92. The van der Waals surface area contributed by atoms with Gasteiger partial charge in [-0.05, 0) is 37.5 Å². The van der Waals surface area contributed by atoms with Crippen molar-refractivity contribution in [1.82, 2.24) is 0 Å². The van der Waals surface area contributed by atoms with Gasteiger partial charge in [-0.2, -0.15) is 9.78 Å². The number of rotatable bonds is 0. The van der Waals surface area contributed by atoms with E-state index in [0.29, 0.717) is 18.3 Å². The van der Waals surface area contributed by atoms with E-state index in [1.807, 2.05) is 0 Å². The molecule has 102 valence electrons. The lowest BCUT2D eigenvalue weighted by Crippen LogP contribution is -2.45. The predicted molar refractivity (Wildman–Crippen MR) is 63.2 cm³/mol. The maximum Gasteiger partial charge on any atom is 0.208 e. The van der Waals surface area contributed by atoms with E-state index in [1.165, 1.54) is 12.8 Å². The molecule has 1 saturated heterocycles. The third kappa shape index (κ3) is 1.52. The standard InChI is InChI=1S/C14H22O4/c1-9-5-10-6-12(9)14(7-10)16-13(17-18-14)4-2-3-11(15)8-13/h9-12,15H,2-8H2,1H3. The van der Waals surface area contributed by atoms with Crippen LogP contribution < -0.4 is 0 Å². The maximum atomic E-state index is 9.83. The number of aliphatic hydroxyl groups excluding tert-OH is 1. The van der Waals surface area contributed by atoms with Crippen LogP contribution in [0.1, 0.15) is 51.9 Å². The summed E-state index contributed by atoms with van der Waals surface area (Å²) in [6.45, 7) is 2.29. The van der Waals surface area contributed by atoms with E-state index >= 15 is 0 Å². The van der Waals surface area contributed by atoms with E-state index in [-0.39, 0.29) is 6.10 Å². The third-order valence-electron chi connectivity index (χ3n) is 5.45. The van der Waals surface area contributed by atoms with E-state index in [9.17, 15) is 5.11 Å². The molecule has 0 aromatic carbocycles. The molecule has 6 atom stereocenters. The van der Waals surface area contributed by atoms with Gasteiger partial charge in [-0.25, -0.2) is 0 Å². The van der Waals surface area contributed by atoms with Crippen molar-refractivity contribution in [2.45, 2.75) is 69.5 Å². The Labute approximate surface area is 108 Å². The minimum absolute atomic E-state index is 0.312. The van der Waals surface area contributed by atoms with Crippen LogP contribution in [0.4, 0.5) is 0 Å². The zero-order valence-corrected chi connectivity index (χ0v) is 10.9. The van der Waals surface area contributed by atoms with Gasteiger partial charge in [-0.3, -0.25) is 0 Å². The molecule has 3 saturated carbocycles. The van der Waals surface area contributed by atoms with Gasteiger partial charge >= 0.3 is 0 Å². The summed E-state index contributed by atoms with van der Waals surface area (Å²) in [5.74, 6) is 0.704. The fraction of sp³-hybridized carbons (Fsp3) is 1.00. The first-order valence-corrected chi connectivity index (χ1v) is 7.36. The van der Waals surface area contributed by atoms with Crippen molar-refractivity contribution in [2.24, 2.45) is 17.8 Å². The van der Waals surface area contributed by atoms with Crippen LogP contribution in [0.15, 0.2) is 0 Å². The van der Waals surface area contributed by atoms with Gasteiger partial charge in [-0.1, -0.05) is 6.92 Å². The largest absolute Gasteiger partial charge is 0.393 e. The van der Waals surface area contributed by atoms with Crippen LogP contribution in [0.3, 0.4) is 0 Å². The van der Waals surface area contributed by atoms with Crippen molar-refractivity contribution < 1.29 is 19.6 Å². The van der Waals surface area contributed by atoms with Gasteiger partial charge in [0.1, 0.15) is 0 Å². The molecule has 6 unspecified atom stereocenters. The van der Waals surface area contributed by atoms with Gasteiger partial charge in [0.25, 0.3) is 0 Å². The van der Waals surface area contributed by atoms with Crippen LogP contribution in [0.25, 0.3) is 0 Å². The molecule has 4 fully saturated rings. The summed E-state index contributed by atoms with van der Waals surface area (Å²) in [5, 5.41) is 9.83. The number of fused-ring (bicyclic) bond motifs is 3. The van der Waals surface area contributed by atoms with Gasteiger partial charge in [0.05, 0.1) is 6.10 Å². The second-order valence-corrected chi connectivity index (χ2v) is 6.87. The SMILES string of the molecule is CC1CC2CC1C1(C2)OOC2(CCCC(O)C2)O1. The minimum Gasteiger partial charge on any atom is -0.393 e. The van der Waals surface area contributed by atoms with Crippen molar-refractivity contribution in [3.05, 3.63) is 0 Å². The van der Waals surface area contributed by atoms with E-state index < -0.39 is 11.6 Å². The molecule has 2 spiro atoms. The quantitative estimate of drug-likeness (QED) is 0.674. The molecule has 3 aliphatic carbocycles.